The van der Waals surface area contributed by atoms with E-state index in [0.717, 1.165) is 0 Å². The first-order valence-electron chi connectivity index (χ1n) is 5.86. The summed E-state index contributed by atoms with van der Waals surface area (Å²) < 4.78 is 40.1. The Hall–Kier alpha value is -2.15. The molecule has 1 heterocycles. The van der Waals surface area contributed by atoms with Crippen LogP contribution < -0.4 is 10.0 Å². The van der Waals surface area contributed by atoms with E-state index < -0.39 is 15.8 Å². The summed E-state index contributed by atoms with van der Waals surface area (Å²) in [5, 5.41) is 2.66. The Balaban J connectivity index is 2.41. The highest BCUT2D eigenvalue weighted by Gasteiger charge is 2.20. The third-order valence-corrected chi connectivity index (χ3v) is 4.05. The van der Waals surface area contributed by atoms with Crippen molar-refractivity contribution < 1.29 is 12.8 Å². The Morgan fingerprint density at radius 3 is 2.60 bits per heavy atom. The van der Waals surface area contributed by atoms with E-state index in [4.69, 9.17) is 0 Å². The summed E-state index contributed by atoms with van der Waals surface area (Å²) in [6, 6.07) is 7.08. The normalized spacial score (nSPS) is 11.2. The van der Waals surface area contributed by atoms with Gasteiger partial charge >= 0.3 is 0 Å². The van der Waals surface area contributed by atoms with Gasteiger partial charge in [-0.15, -0.1) is 0 Å². The quantitative estimate of drug-likeness (QED) is 0.908. The number of aryl methyl sites for hydroxylation is 1. The van der Waals surface area contributed by atoms with Crippen molar-refractivity contribution in [2.75, 3.05) is 17.1 Å². The van der Waals surface area contributed by atoms with Gasteiger partial charge in [-0.3, -0.25) is 4.72 Å². The SMILES string of the molecule is CNc1cccnc1S(=O)(=O)Nc1ccc(F)cc1C. The third kappa shape index (κ3) is 2.88. The molecule has 0 aliphatic carbocycles. The number of sulfonamides is 1. The summed E-state index contributed by atoms with van der Waals surface area (Å²) in [4.78, 5) is 3.88. The van der Waals surface area contributed by atoms with Crippen LogP contribution in [0.4, 0.5) is 15.8 Å². The molecule has 2 rings (SSSR count). The van der Waals surface area contributed by atoms with Gasteiger partial charge in [0.25, 0.3) is 10.0 Å². The maximum absolute atomic E-state index is 13.0. The molecule has 0 spiro atoms. The highest BCUT2D eigenvalue weighted by Crippen LogP contribution is 2.23. The number of nitrogens with zero attached hydrogens (tertiary/aromatic N) is 1. The minimum atomic E-state index is -3.84. The van der Waals surface area contributed by atoms with E-state index in [2.05, 4.69) is 15.0 Å². The number of rotatable bonds is 4. The fraction of sp³-hybridized carbons (Fsp3) is 0.154. The molecule has 20 heavy (non-hydrogen) atoms. The van der Waals surface area contributed by atoms with Gasteiger partial charge in [-0.2, -0.15) is 8.42 Å². The zero-order chi connectivity index (χ0) is 14.8. The van der Waals surface area contributed by atoms with Crippen LogP contribution in [-0.4, -0.2) is 20.4 Å². The van der Waals surface area contributed by atoms with Gasteiger partial charge in [0.1, 0.15) is 5.82 Å². The molecule has 0 radical (unpaired) electrons. The third-order valence-electron chi connectivity index (χ3n) is 2.73. The van der Waals surface area contributed by atoms with Crippen LogP contribution in [0.1, 0.15) is 5.56 Å². The van der Waals surface area contributed by atoms with Crippen LogP contribution in [0, 0.1) is 12.7 Å². The van der Waals surface area contributed by atoms with Gasteiger partial charge in [0.2, 0.25) is 0 Å². The summed E-state index contributed by atoms with van der Waals surface area (Å²) in [6.45, 7) is 1.62. The average molecular weight is 295 g/mol. The molecule has 5 nitrogen and oxygen atoms in total. The van der Waals surface area contributed by atoms with Gasteiger partial charge in [0.15, 0.2) is 5.03 Å². The van der Waals surface area contributed by atoms with Crippen molar-refractivity contribution in [3.8, 4) is 0 Å². The Bertz CT molecular complexity index is 732. The van der Waals surface area contributed by atoms with Crippen molar-refractivity contribution in [2.24, 2.45) is 0 Å². The second-order valence-corrected chi connectivity index (χ2v) is 5.77. The number of benzene rings is 1. The van der Waals surface area contributed by atoms with Crippen molar-refractivity contribution in [1.29, 1.82) is 0 Å². The van der Waals surface area contributed by atoms with Gasteiger partial charge in [-0.25, -0.2) is 9.37 Å². The number of nitrogens with one attached hydrogen (secondary N) is 2. The average Bonchev–Trinajstić information content (AvgIpc) is 2.42. The summed E-state index contributed by atoms with van der Waals surface area (Å²) in [6.07, 6.45) is 1.40. The molecule has 7 heteroatoms. The monoisotopic (exact) mass is 295 g/mol. The number of hydrogen-bond donors (Lipinski definition) is 2. The zero-order valence-corrected chi connectivity index (χ0v) is 11.8. The Kier molecular flexibility index (Phi) is 3.89. The van der Waals surface area contributed by atoms with Crippen LogP contribution in [0.5, 0.6) is 0 Å². The Morgan fingerprint density at radius 1 is 1.20 bits per heavy atom. The van der Waals surface area contributed by atoms with Gasteiger partial charge in [-0.05, 0) is 42.8 Å². The summed E-state index contributed by atoms with van der Waals surface area (Å²) in [7, 11) is -2.23. The van der Waals surface area contributed by atoms with Crippen molar-refractivity contribution in [2.45, 2.75) is 11.9 Å². The number of aromatic nitrogens is 1. The first-order valence-corrected chi connectivity index (χ1v) is 7.34. The number of halogens is 1. The molecule has 0 unspecified atom stereocenters. The highest BCUT2D eigenvalue weighted by atomic mass is 32.2. The van der Waals surface area contributed by atoms with Crippen molar-refractivity contribution in [1.82, 2.24) is 4.98 Å². The van der Waals surface area contributed by atoms with E-state index >= 15 is 0 Å². The maximum atomic E-state index is 13.0. The van der Waals surface area contributed by atoms with Crippen LogP contribution in [0.15, 0.2) is 41.6 Å². The molecule has 1 aromatic carbocycles. The summed E-state index contributed by atoms with van der Waals surface area (Å²) in [5.74, 6) is -0.417. The Labute approximate surface area is 116 Å². The van der Waals surface area contributed by atoms with Gasteiger partial charge < -0.3 is 5.32 Å². The van der Waals surface area contributed by atoms with E-state index in [1.165, 1.54) is 24.4 Å². The predicted octanol–water partition coefficient (Wildman–Crippen LogP) is 2.37. The molecule has 0 saturated heterocycles. The lowest BCUT2D eigenvalue weighted by atomic mass is 10.2. The summed E-state index contributed by atoms with van der Waals surface area (Å²) >= 11 is 0. The largest absolute Gasteiger partial charge is 0.386 e. The molecular formula is C13H14FN3O2S. The molecule has 1 aromatic heterocycles. The maximum Gasteiger partial charge on any atom is 0.281 e. The first-order chi connectivity index (χ1) is 9.44. The lowest BCUT2D eigenvalue weighted by Gasteiger charge is -2.12. The van der Waals surface area contributed by atoms with E-state index in [1.54, 1.807) is 26.1 Å². The molecule has 0 aliphatic rings. The fourth-order valence-electron chi connectivity index (χ4n) is 1.73. The predicted molar refractivity (Wildman–Crippen MR) is 75.7 cm³/mol. The van der Waals surface area contributed by atoms with Gasteiger partial charge in [0.05, 0.1) is 11.4 Å². The standard InChI is InChI=1S/C13H14FN3O2S/c1-9-8-10(14)5-6-11(9)17-20(18,19)13-12(15-2)4-3-7-16-13/h3-8,15,17H,1-2H3. The van der Waals surface area contributed by atoms with Gasteiger partial charge in [-0.1, -0.05) is 0 Å². The minimum absolute atomic E-state index is 0.105. The molecule has 0 aliphatic heterocycles. The molecule has 106 valence electrons. The number of hydrogen-bond acceptors (Lipinski definition) is 4. The highest BCUT2D eigenvalue weighted by molar-refractivity contribution is 7.92. The van der Waals surface area contributed by atoms with E-state index in [0.29, 0.717) is 16.9 Å². The topological polar surface area (TPSA) is 71.1 Å². The lowest BCUT2D eigenvalue weighted by molar-refractivity contribution is 0.597. The second kappa shape index (κ2) is 5.46. The van der Waals surface area contributed by atoms with Crippen molar-refractivity contribution in [3.63, 3.8) is 0 Å². The van der Waals surface area contributed by atoms with Crippen LogP contribution in [0.2, 0.25) is 0 Å². The van der Waals surface area contributed by atoms with Crippen LogP contribution in [-0.2, 0) is 10.0 Å². The van der Waals surface area contributed by atoms with Crippen LogP contribution in [0.25, 0.3) is 0 Å². The smallest absolute Gasteiger partial charge is 0.281 e. The number of pyridine rings is 1. The molecular weight excluding hydrogens is 281 g/mol. The molecule has 0 fully saturated rings. The Morgan fingerprint density at radius 2 is 1.95 bits per heavy atom. The molecule has 0 atom stereocenters. The zero-order valence-electron chi connectivity index (χ0n) is 11.0. The second-order valence-electron chi connectivity index (χ2n) is 4.17. The van der Waals surface area contributed by atoms with E-state index in [1.807, 2.05) is 0 Å². The molecule has 0 bridgehead atoms. The van der Waals surface area contributed by atoms with Gasteiger partial charge in [0, 0.05) is 13.2 Å². The van der Waals surface area contributed by atoms with Crippen LogP contribution in [0.3, 0.4) is 0 Å². The van der Waals surface area contributed by atoms with E-state index in [9.17, 15) is 12.8 Å². The van der Waals surface area contributed by atoms with E-state index in [-0.39, 0.29) is 5.03 Å². The van der Waals surface area contributed by atoms with Crippen molar-refractivity contribution in [3.05, 3.63) is 47.9 Å². The first kappa shape index (κ1) is 14.3. The molecule has 0 amide bonds. The lowest BCUT2D eigenvalue weighted by Crippen LogP contribution is -2.17. The molecule has 0 saturated carbocycles. The molecule has 2 N–H and O–H groups in total. The minimum Gasteiger partial charge on any atom is -0.386 e. The molecule has 2 aromatic rings. The number of anilines is 2. The van der Waals surface area contributed by atoms with Crippen LogP contribution >= 0.6 is 0 Å². The fourth-order valence-corrected chi connectivity index (χ4v) is 3.00. The summed E-state index contributed by atoms with van der Waals surface area (Å²) in [5.41, 5.74) is 1.20. The van der Waals surface area contributed by atoms with Crippen molar-refractivity contribution >= 4 is 21.4 Å².